The topological polar surface area (TPSA) is 52.0 Å². The van der Waals surface area contributed by atoms with E-state index in [1.165, 1.54) is 0 Å². The predicted octanol–water partition coefficient (Wildman–Crippen LogP) is -0.116. The van der Waals surface area contributed by atoms with Crippen molar-refractivity contribution in [3.8, 4) is 0 Å². The van der Waals surface area contributed by atoms with Gasteiger partial charge in [-0.15, -0.1) is 6.04 Å². The average molecular weight is 190 g/mol. The molecule has 0 aliphatic rings. The first-order valence-corrected chi connectivity index (χ1v) is 2.56. The summed E-state index contributed by atoms with van der Waals surface area (Å²) in [6.07, 6.45) is 2.93. The summed E-state index contributed by atoms with van der Waals surface area (Å²) >= 11 is 0. The van der Waals surface area contributed by atoms with Crippen LogP contribution < -0.4 is 11.5 Å². The predicted molar refractivity (Wildman–Crippen MR) is 31.6 cm³/mol. The Hall–Kier alpha value is 1.02. The molecule has 0 saturated heterocycles. The Morgan fingerprint density at radius 2 is 2.12 bits per heavy atom. The first kappa shape index (κ1) is 11.8. The van der Waals surface area contributed by atoms with E-state index in [4.69, 9.17) is 11.5 Å². The minimum Gasteiger partial charge on any atom is -0.357 e. The maximum absolute atomic E-state index is 5.37. The Bertz CT molecular complexity index is 39.4. The van der Waals surface area contributed by atoms with Crippen molar-refractivity contribution >= 4 is 0 Å². The van der Waals surface area contributed by atoms with Crippen LogP contribution in [0.1, 0.15) is 13.3 Å². The zero-order chi connectivity index (χ0) is 5.70. The van der Waals surface area contributed by atoms with Gasteiger partial charge in [0, 0.05) is 32.7 Å². The van der Waals surface area contributed by atoms with Gasteiger partial charge in [0.05, 0.1) is 0 Å². The van der Waals surface area contributed by atoms with Gasteiger partial charge >= 0.3 is 0 Å². The summed E-state index contributed by atoms with van der Waals surface area (Å²) in [4.78, 5) is 0. The van der Waals surface area contributed by atoms with E-state index in [2.05, 4.69) is 0 Å². The smallest absolute Gasteiger partial charge is 0 e. The zero-order valence-corrected chi connectivity index (χ0v) is 8.14. The summed E-state index contributed by atoms with van der Waals surface area (Å²) in [5.41, 5.74) is 10.6. The molecule has 0 bridgehead atoms. The van der Waals surface area contributed by atoms with Crippen molar-refractivity contribution in [2.24, 2.45) is 11.5 Å². The maximum Gasteiger partial charge on any atom is 0 e. The number of hydrogen-bond donors (Lipinski definition) is 2. The molecule has 0 amide bonds. The van der Waals surface area contributed by atoms with Crippen LogP contribution in [-0.4, -0.2) is 12.6 Å². The number of nitrogens with two attached hydrogens (primary N) is 2. The zero-order valence-electron chi connectivity index (χ0n) is 5.30. The number of hydrogen-bond acceptors (Lipinski definition) is 2. The monoisotopic (exact) mass is 190 g/mol. The van der Waals surface area contributed by atoms with Gasteiger partial charge in [-0.3, -0.25) is 0 Å². The molecule has 0 rings (SSSR count). The van der Waals surface area contributed by atoms with E-state index in [9.17, 15) is 0 Å². The largest absolute Gasteiger partial charge is 0.357 e. The van der Waals surface area contributed by atoms with Crippen LogP contribution in [0.3, 0.4) is 0 Å². The summed E-state index contributed by atoms with van der Waals surface area (Å²) in [5.74, 6) is 0. The molecule has 0 heterocycles. The van der Waals surface area contributed by atoms with Crippen molar-refractivity contribution in [2.45, 2.75) is 19.4 Å². The van der Waals surface area contributed by atoms with Crippen LogP contribution in [0.25, 0.3) is 0 Å². The Labute approximate surface area is 76.3 Å². The van der Waals surface area contributed by atoms with E-state index in [0.29, 0.717) is 6.54 Å². The summed E-state index contributed by atoms with van der Waals surface area (Å²) in [6.45, 7) is 2.65. The van der Waals surface area contributed by atoms with Crippen molar-refractivity contribution < 1.29 is 32.7 Å². The van der Waals surface area contributed by atoms with Gasteiger partial charge in [-0.2, -0.15) is 6.42 Å². The molecular weight excluding hydrogens is 177 g/mol. The van der Waals surface area contributed by atoms with Crippen LogP contribution >= 0.6 is 0 Å². The van der Waals surface area contributed by atoms with Gasteiger partial charge in [0.1, 0.15) is 0 Å². The van der Waals surface area contributed by atoms with Crippen molar-refractivity contribution in [3.05, 3.63) is 6.42 Å². The molecular formula is C5H13N2Y-. The van der Waals surface area contributed by atoms with E-state index < -0.39 is 0 Å². The van der Waals surface area contributed by atoms with Gasteiger partial charge in [0.2, 0.25) is 0 Å². The summed E-state index contributed by atoms with van der Waals surface area (Å²) in [5, 5.41) is 0. The van der Waals surface area contributed by atoms with Crippen LogP contribution in [0.4, 0.5) is 0 Å². The van der Waals surface area contributed by atoms with Gasteiger partial charge in [-0.25, -0.2) is 0 Å². The molecule has 4 N–H and O–H groups in total. The summed E-state index contributed by atoms with van der Waals surface area (Å²) in [7, 11) is 0. The molecule has 2 nitrogen and oxygen atoms in total. The first-order chi connectivity index (χ1) is 3.27. The molecule has 0 saturated carbocycles. The van der Waals surface area contributed by atoms with Crippen LogP contribution in [-0.2, 0) is 32.7 Å². The minimum absolute atomic E-state index is 0. The summed E-state index contributed by atoms with van der Waals surface area (Å²) in [6, 6.07) is 0.198. The molecule has 0 aromatic heterocycles. The molecule has 0 fully saturated rings. The average Bonchev–Trinajstić information content (AvgIpc) is 1.61. The third-order valence-electron chi connectivity index (χ3n) is 0.705. The second kappa shape index (κ2) is 8.02. The van der Waals surface area contributed by atoms with E-state index in [1.807, 2.05) is 13.3 Å². The molecule has 0 aromatic rings. The molecule has 0 aliphatic heterocycles. The third-order valence-corrected chi connectivity index (χ3v) is 0.705. The molecule has 8 heavy (non-hydrogen) atoms. The van der Waals surface area contributed by atoms with Crippen LogP contribution in [0.2, 0.25) is 0 Å². The van der Waals surface area contributed by atoms with E-state index in [0.717, 1.165) is 6.42 Å². The van der Waals surface area contributed by atoms with Gasteiger partial charge < -0.3 is 17.9 Å². The number of rotatable bonds is 3. The van der Waals surface area contributed by atoms with E-state index in [1.54, 1.807) is 0 Å². The fourth-order valence-electron chi connectivity index (χ4n) is 0.359. The Morgan fingerprint density at radius 1 is 1.62 bits per heavy atom. The third kappa shape index (κ3) is 10.1. The molecule has 47 valence electrons. The normalized spacial score (nSPS) is 12.4. The van der Waals surface area contributed by atoms with Crippen LogP contribution in [0.15, 0.2) is 0 Å². The SMILES string of the molecule is CC(N)[CH-]CCN.[Y]. The minimum atomic E-state index is 0. The van der Waals surface area contributed by atoms with Gasteiger partial charge in [-0.1, -0.05) is 6.92 Å². The first-order valence-electron chi connectivity index (χ1n) is 2.56. The Balaban J connectivity index is 0. The van der Waals surface area contributed by atoms with Crippen molar-refractivity contribution in [2.75, 3.05) is 6.54 Å². The Kier molecular flexibility index (Phi) is 11.8. The quantitative estimate of drug-likeness (QED) is 0.610. The van der Waals surface area contributed by atoms with Gasteiger partial charge in [-0.05, 0) is 6.54 Å². The van der Waals surface area contributed by atoms with E-state index in [-0.39, 0.29) is 38.8 Å². The van der Waals surface area contributed by atoms with Crippen molar-refractivity contribution in [1.29, 1.82) is 0 Å². The molecule has 3 heteroatoms. The van der Waals surface area contributed by atoms with Gasteiger partial charge in [0.15, 0.2) is 0 Å². The second-order valence-electron chi connectivity index (χ2n) is 1.67. The standard InChI is InChI=1S/C5H13N2.Y/c1-5(7)3-2-4-6;/h3,5H,2,4,6-7H2,1H3;/q-1;. The summed E-state index contributed by atoms with van der Waals surface area (Å²) < 4.78 is 0. The molecule has 1 radical (unpaired) electrons. The molecule has 1 atom stereocenters. The molecule has 1 unspecified atom stereocenters. The van der Waals surface area contributed by atoms with Crippen molar-refractivity contribution in [3.63, 3.8) is 0 Å². The van der Waals surface area contributed by atoms with Crippen LogP contribution in [0, 0.1) is 6.42 Å². The maximum atomic E-state index is 5.37. The Morgan fingerprint density at radius 3 is 2.25 bits per heavy atom. The second-order valence-corrected chi connectivity index (χ2v) is 1.67. The van der Waals surface area contributed by atoms with Crippen molar-refractivity contribution in [1.82, 2.24) is 0 Å². The molecule has 0 spiro atoms. The fraction of sp³-hybridized carbons (Fsp3) is 0.800. The molecule has 0 aliphatic carbocycles. The fourth-order valence-corrected chi connectivity index (χ4v) is 0.359. The van der Waals surface area contributed by atoms with Gasteiger partial charge in [0.25, 0.3) is 0 Å². The van der Waals surface area contributed by atoms with Crippen LogP contribution in [0.5, 0.6) is 0 Å². The molecule has 0 aromatic carbocycles. The van der Waals surface area contributed by atoms with E-state index >= 15 is 0 Å².